The number of hydrogen-bond acceptors (Lipinski definition) is 9. The molecule has 28 heavy (non-hydrogen) atoms. The summed E-state index contributed by atoms with van der Waals surface area (Å²) in [5.74, 6) is -5.48. The van der Waals surface area contributed by atoms with Gasteiger partial charge in [-0.3, -0.25) is 28.8 Å². The van der Waals surface area contributed by atoms with Crippen molar-refractivity contribution in [3.63, 3.8) is 0 Å². The monoisotopic (exact) mass is 410 g/mol. The van der Waals surface area contributed by atoms with Crippen molar-refractivity contribution in [3.05, 3.63) is 0 Å². The first-order valence-electron chi connectivity index (χ1n) is 7.41. The number of carboxylic acids is 3. The summed E-state index contributed by atoms with van der Waals surface area (Å²) in [5, 5.41) is 24.4. The van der Waals surface area contributed by atoms with Gasteiger partial charge < -0.3 is 49.7 Å². The highest BCUT2D eigenvalue weighted by molar-refractivity contribution is 5.83. The van der Waals surface area contributed by atoms with Gasteiger partial charge in [0, 0.05) is 6.42 Å². The normalized spacial score (nSPS) is 12.5. The fourth-order valence-corrected chi connectivity index (χ4v) is 1.03. The number of aliphatic carboxylic acids is 3. The van der Waals surface area contributed by atoms with Crippen LogP contribution in [0.1, 0.15) is 25.7 Å². The van der Waals surface area contributed by atoms with Crippen LogP contribution < -0.4 is 34.4 Å². The first kappa shape index (κ1) is 29.5. The summed E-state index contributed by atoms with van der Waals surface area (Å²) in [6.07, 6.45) is -0.497. The molecule has 0 aliphatic heterocycles. The van der Waals surface area contributed by atoms with Crippen LogP contribution in [-0.4, -0.2) is 69.1 Å². The Morgan fingerprint density at radius 1 is 0.571 bits per heavy atom. The van der Waals surface area contributed by atoms with Gasteiger partial charge in [-0.05, 0) is 6.42 Å². The van der Waals surface area contributed by atoms with Gasteiger partial charge in [0.05, 0.1) is 12.8 Å². The van der Waals surface area contributed by atoms with Gasteiger partial charge >= 0.3 is 17.9 Å². The minimum Gasteiger partial charge on any atom is -0.480 e. The summed E-state index contributed by atoms with van der Waals surface area (Å²) in [7, 11) is 0. The van der Waals surface area contributed by atoms with Gasteiger partial charge in [-0.1, -0.05) is 0 Å². The Morgan fingerprint density at radius 2 is 0.857 bits per heavy atom. The molecule has 0 bridgehead atoms. The van der Waals surface area contributed by atoms with Gasteiger partial charge in [-0.2, -0.15) is 0 Å². The van der Waals surface area contributed by atoms with Crippen molar-refractivity contribution in [2.24, 2.45) is 34.4 Å². The van der Waals surface area contributed by atoms with Gasteiger partial charge in [-0.25, -0.2) is 0 Å². The second-order valence-electron chi connectivity index (χ2n) is 5.18. The second-order valence-corrected chi connectivity index (χ2v) is 5.18. The van der Waals surface area contributed by atoms with E-state index in [2.05, 4.69) is 11.5 Å². The number of amides is 3. The minimum absolute atomic E-state index is 0.0213. The van der Waals surface area contributed by atoms with Gasteiger partial charge in [0.2, 0.25) is 17.7 Å². The molecule has 0 radical (unpaired) electrons. The molecule has 0 aliphatic carbocycles. The summed E-state index contributed by atoms with van der Waals surface area (Å²) in [6, 6.07) is -3.31. The Hall–Kier alpha value is -3.30. The maximum Gasteiger partial charge on any atom is 0.321 e. The van der Waals surface area contributed by atoms with Crippen LogP contribution in [-0.2, 0) is 28.8 Å². The quantitative estimate of drug-likeness (QED) is 0.164. The van der Waals surface area contributed by atoms with E-state index in [9.17, 15) is 28.8 Å². The van der Waals surface area contributed by atoms with E-state index in [-0.39, 0.29) is 25.7 Å². The SMILES string of the molecule is NC(=O)CC(N)C(=O)O.NC(=O)CC(N)C(=O)O.NC(=O)CCC(N)C(=O)O. The average Bonchev–Trinajstić information content (AvgIpc) is 2.52. The number of carbonyl (C=O) groups excluding carboxylic acids is 3. The van der Waals surface area contributed by atoms with Gasteiger partial charge in [0.15, 0.2) is 0 Å². The van der Waals surface area contributed by atoms with Crippen molar-refractivity contribution in [1.82, 2.24) is 0 Å². The fourth-order valence-electron chi connectivity index (χ4n) is 1.03. The van der Waals surface area contributed by atoms with Crippen LogP contribution in [0.15, 0.2) is 0 Å². The number of primary amides is 3. The number of rotatable bonds is 10. The van der Waals surface area contributed by atoms with E-state index in [4.69, 9.17) is 38.3 Å². The number of carbonyl (C=O) groups is 6. The van der Waals surface area contributed by atoms with Crippen molar-refractivity contribution >= 4 is 35.6 Å². The highest BCUT2D eigenvalue weighted by Gasteiger charge is 2.14. The Labute approximate surface area is 159 Å². The molecule has 0 heterocycles. The summed E-state index contributed by atoms with van der Waals surface area (Å²) in [6.45, 7) is 0. The molecule has 0 aromatic carbocycles. The lowest BCUT2D eigenvalue weighted by molar-refractivity contribution is -0.140. The van der Waals surface area contributed by atoms with Gasteiger partial charge in [-0.15, -0.1) is 0 Å². The molecule has 0 aromatic rings. The van der Waals surface area contributed by atoms with Gasteiger partial charge in [0.1, 0.15) is 18.1 Å². The summed E-state index contributed by atoms with van der Waals surface area (Å²) in [4.78, 5) is 59.9. The van der Waals surface area contributed by atoms with Crippen LogP contribution in [0.2, 0.25) is 0 Å². The number of carboxylic acid groups (broad SMARTS) is 3. The average molecular weight is 410 g/mol. The van der Waals surface area contributed by atoms with Crippen molar-refractivity contribution in [3.8, 4) is 0 Å². The lowest BCUT2D eigenvalue weighted by Gasteiger charge is -2.01. The molecule has 0 spiro atoms. The highest BCUT2D eigenvalue weighted by atomic mass is 16.4. The molecule has 162 valence electrons. The zero-order valence-electron chi connectivity index (χ0n) is 14.8. The van der Waals surface area contributed by atoms with Crippen LogP contribution in [0.3, 0.4) is 0 Å². The summed E-state index contributed by atoms with van der Waals surface area (Å²) >= 11 is 0. The van der Waals surface area contributed by atoms with E-state index in [0.29, 0.717) is 0 Å². The maximum absolute atomic E-state index is 10.1. The molecule has 0 rings (SSSR count). The molecule has 0 aromatic heterocycles. The van der Waals surface area contributed by atoms with E-state index in [0.717, 1.165) is 0 Å². The van der Waals surface area contributed by atoms with E-state index in [1.165, 1.54) is 0 Å². The lowest BCUT2D eigenvalue weighted by Crippen LogP contribution is -2.34. The smallest absolute Gasteiger partial charge is 0.321 e. The van der Waals surface area contributed by atoms with Gasteiger partial charge in [0.25, 0.3) is 0 Å². The Balaban J connectivity index is -0.000000336. The van der Waals surface area contributed by atoms with E-state index in [1.54, 1.807) is 0 Å². The summed E-state index contributed by atoms with van der Waals surface area (Å²) in [5.41, 5.74) is 28.9. The molecule has 3 unspecified atom stereocenters. The van der Waals surface area contributed by atoms with Crippen molar-refractivity contribution in [1.29, 1.82) is 0 Å². The van der Waals surface area contributed by atoms with Crippen LogP contribution in [0, 0.1) is 0 Å². The van der Waals surface area contributed by atoms with E-state index in [1.807, 2.05) is 0 Å². The largest absolute Gasteiger partial charge is 0.480 e. The third kappa shape index (κ3) is 22.7. The van der Waals surface area contributed by atoms with Crippen molar-refractivity contribution in [2.45, 2.75) is 43.8 Å². The number of hydrogen-bond donors (Lipinski definition) is 9. The van der Waals surface area contributed by atoms with Crippen LogP contribution in [0.4, 0.5) is 0 Å². The second kappa shape index (κ2) is 15.9. The zero-order valence-corrected chi connectivity index (χ0v) is 14.8. The van der Waals surface area contributed by atoms with Crippen LogP contribution in [0.5, 0.6) is 0 Å². The topological polar surface area (TPSA) is 319 Å². The molecule has 15 heteroatoms. The predicted octanol–water partition coefficient (Wildman–Crippen LogP) is -4.79. The minimum atomic E-state index is -1.21. The first-order chi connectivity index (χ1) is 12.6. The predicted molar refractivity (Wildman–Crippen MR) is 92.9 cm³/mol. The fraction of sp³-hybridized carbons (Fsp3) is 0.538. The van der Waals surface area contributed by atoms with Crippen molar-refractivity contribution in [2.75, 3.05) is 0 Å². The standard InChI is InChI=1S/C5H10N2O3.2C4H8N2O3/c6-3(5(9)10)1-2-4(7)8;2*5-2(4(8)9)1-3(6)7/h3H,1-2,6H2,(H2,7,8)(H,9,10);2*2H,1,5H2,(H2,6,7)(H,8,9). The lowest BCUT2D eigenvalue weighted by atomic mass is 10.2. The Bertz CT molecular complexity index is 537. The Kier molecular flexibility index (Phi) is 16.7. The number of nitrogens with two attached hydrogens (primary N) is 6. The van der Waals surface area contributed by atoms with Crippen LogP contribution in [0.25, 0.3) is 0 Å². The first-order valence-corrected chi connectivity index (χ1v) is 7.41. The molecule has 15 nitrogen and oxygen atoms in total. The van der Waals surface area contributed by atoms with Crippen LogP contribution >= 0.6 is 0 Å². The van der Waals surface area contributed by atoms with E-state index >= 15 is 0 Å². The van der Waals surface area contributed by atoms with E-state index < -0.39 is 53.8 Å². The Morgan fingerprint density at radius 3 is 1.00 bits per heavy atom. The molecule has 0 aliphatic rings. The molecule has 0 fully saturated rings. The molecular weight excluding hydrogens is 384 g/mol. The molecule has 3 atom stereocenters. The molecule has 0 saturated carbocycles. The molecular formula is C13H26N6O9. The van der Waals surface area contributed by atoms with Crippen molar-refractivity contribution < 1.29 is 44.1 Å². The summed E-state index contributed by atoms with van der Waals surface area (Å²) < 4.78 is 0. The third-order valence-electron chi connectivity index (χ3n) is 2.50. The third-order valence-corrected chi connectivity index (χ3v) is 2.50. The molecule has 0 saturated heterocycles. The maximum atomic E-state index is 10.1. The molecule has 3 amide bonds. The molecule has 15 N–H and O–H groups in total. The highest BCUT2D eigenvalue weighted by Crippen LogP contribution is 1.92. The zero-order chi connectivity index (χ0) is 23.0.